The second kappa shape index (κ2) is 12.3. The molecule has 0 saturated carbocycles. The maximum Gasteiger partial charge on any atom is 0.243 e. The summed E-state index contributed by atoms with van der Waals surface area (Å²) in [6.07, 6.45) is 0.0730. The quantitative estimate of drug-likeness (QED) is 0.394. The van der Waals surface area contributed by atoms with E-state index in [0.29, 0.717) is 12.4 Å². The molecule has 0 radical (unpaired) electrons. The lowest BCUT2D eigenvalue weighted by Crippen LogP contribution is -2.54. The van der Waals surface area contributed by atoms with Gasteiger partial charge in [-0.05, 0) is 34.9 Å². The van der Waals surface area contributed by atoms with Crippen LogP contribution in [0.3, 0.4) is 0 Å². The van der Waals surface area contributed by atoms with Gasteiger partial charge in [0.2, 0.25) is 17.7 Å². The van der Waals surface area contributed by atoms with E-state index in [4.69, 9.17) is 10.5 Å². The minimum Gasteiger partial charge on any atom is -0.489 e. The van der Waals surface area contributed by atoms with Crippen LogP contribution in [0.5, 0.6) is 5.75 Å². The number of nitrogens with two attached hydrogens (primary N) is 1. The lowest BCUT2D eigenvalue weighted by atomic mass is 10.0. The third-order valence-electron chi connectivity index (χ3n) is 5.35. The largest absolute Gasteiger partial charge is 0.489 e. The first kappa shape index (κ1) is 25.4. The Morgan fingerprint density at radius 2 is 1.49 bits per heavy atom. The van der Waals surface area contributed by atoms with Gasteiger partial charge in [-0.3, -0.25) is 14.4 Å². The molecule has 3 aromatic carbocycles. The maximum atomic E-state index is 14.1. The molecule has 2 atom stereocenters. The standard InChI is InChI=1S/C27H28FN3O4/c1-18(32)30-25(16-21-9-5-6-10-23(21)28)27(34)31-24(26(29)33)15-19-11-13-22(14-12-19)35-17-20-7-3-2-4-8-20/h2-14,24-25H,15-17H2,1H3,(H2,29,33)(H,30,32)(H,31,34)/t24-,25+/m0/s1. The highest BCUT2D eigenvalue weighted by Crippen LogP contribution is 2.16. The Balaban J connectivity index is 1.63. The second-order valence-electron chi connectivity index (χ2n) is 8.13. The van der Waals surface area contributed by atoms with E-state index in [1.165, 1.54) is 25.1 Å². The predicted molar refractivity (Wildman–Crippen MR) is 130 cm³/mol. The van der Waals surface area contributed by atoms with Crippen LogP contribution < -0.4 is 21.1 Å². The normalized spacial score (nSPS) is 12.3. The van der Waals surface area contributed by atoms with Gasteiger partial charge in [-0.2, -0.15) is 0 Å². The van der Waals surface area contributed by atoms with Gasteiger partial charge in [0.25, 0.3) is 0 Å². The molecule has 3 amide bonds. The molecular formula is C27H28FN3O4. The van der Waals surface area contributed by atoms with Gasteiger partial charge in [0, 0.05) is 19.8 Å². The summed E-state index contributed by atoms with van der Waals surface area (Å²) < 4.78 is 19.9. The van der Waals surface area contributed by atoms with Crippen molar-refractivity contribution in [3.8, 4) is 5.75 Å². The predicted octanol–water partition coefficient (Wildman–Crippen LogP) is 2.66. The average molecular weight is 478 g/mol. The van der Waals surface area contributed by atoms with Gasteiger partial charge >= 0.3 is 0 Å². The van der Waals surface area contributed by atoms with Gasteiger partial charge in [-0.25, -0.2) is 4.39 Å². The van der Waals surface area contributed by atoms with Crippen LogP contribution in [0.1, 0.15) is 23.6 Å². The van der Waals surface area contributed by atoms with E-state index < -0.39 is 35.6 Å². The van der Waals surface area contributed by atoms with E-state index in [2.05, 4.69) is 10.6 Å². The van der Waals surface area contributed by atoms with Crippen LogP contribution in [0.15, 0.2) is 78.9 Å². The van der Waals surface area contributed by atoms with E-state index in [1.807, 2.05) is 30.3 Å². The summed E-state index contributed by atoms with van der Waals surface area (Å²) in [5.74, 6) is -1.64. The highest BCUT2D eigenvalue weighted by Gasteiger charge is 2.26. The van der Waals surface area contributed by atoms with E-state index in [9.17, 15) is 18.8 Å². The van der Waals surface area contributed by atoms with Crippen molar-refractivity contribution in [1.82, 2.24) is 10.6 Å². The van der Waals surface area contributed by atoms with Gasteiger partial charge < -0.3 is 21.1 Å². The fourth-order valence-electron chi connectivity index (χ4n) is 3.53. The van der Waals surface area contributed by atoms with Crippen LogP contribution in [-0.4, -0.2) is 29.8 Å². The topological polar surface area (TPSA) is 111 Å². The molecule has 0 unspecified atom stereocenters. The molecule has 0 heterocycles. The molecule has 3 rings (SSSR count). The summed E-state index contributed by atoms with van der Waals surface area (Å²) in [5.41, 5.74) is 7.59. The van der Waals surface area contributed by atoms with Crippen molar-refractivity contribution in [2.45, 2.75) is 38.5 Å². The molecule has 0 aliphatic heterocycles. The summed E-state index contributed by atoms with van der Waals surface area (Å²) in [7, 11) is 0. The van der Waals surface area contributed by atoms with Gasteiger partial charge in [-0.15, -0.1) is 0 Å². The number of amides is 3. The molecule has 0 saturated heterocycles. The van der Waals surface area contributed by atoms with E-state index in [-0.39, 0.29) is 18.4 Å². The summed E-state index contributed by atoms with van der Waals surface area (Å²) in [5, 5.41) is 5.10. The minimum absolute atomic E-state index is 0.0724. The third kappa shape index (κ3) is 7.96. The molecule has 4 N–H and O–H groups in total. The van der Waals surface area contributed by atoms with Crippen LogP contribution in [0.4, 0.5) is 4.39 Å². The van der Waals surface area contributed by atoms with Crippen molar-refractivity contribution in [3.63, 3.8) is 0 Å². The zero-order valence-electron chi connectivity index (χ0n) is 19.4. The van der Waals surface area contributed by atoms with Crippen molar-refractivity contribution in [1.29, 1.82) is 0 Å². The molecule has 0 spiro atoms. The number of benzene rings is 3. The molecule has 182 valence electrons. The molecule has 35 heavy (non-hydrogen) atoms. The van der Waals surface area contributed by atoms with Crippen molar-refractivity contribution in [2.24, 2.45) is 5.73 Å². The number of carbonyl (C=O) groups excluding carboxylic acids is 3. The lowest BCUT2D eigenvalue weighted by Gasteiger charge is -2.22. The summed E-state index contributed by atoms with van der Waals surface area (Å²) in [4.78, 5) is 36.6. The van der Waals surface area contributed by atoms with Gasteiger partial charge in [-0.1, -0.05) is 60.7 Å². The van der Waals surface area contributed by atoms with E-state index in [0.717, 1.165) is 11.1 Å². The van der Waals surface area contributed by atoms with E-state index in [1.54, 1.807) is 30.3 Å². The Labute approximate surface area is 203 Å². The minimum atomic E-state index is -1.07. The number of nitrogens with one attached hydrogen (secondary N) is 2. The number of halogens is 1. The monoisotopic (exact) mass is 477 g/mol. The number of primary amides is 1. The smallest absolute Gasteiger partial charge is 0.243 e. The molecule has 0 aliphatic carbocycles. The first-order chi connectivity index (χ1) is 16.8. The van der Waals surface area contributed by atoms with Crippen molar-refractivity contribution in [2.75, 3.05) is 0 Å². The van der Waals surface area contributed by atoms with Gasteiger partial charge in [0.15, 0.2) is 0 Å². The number of hydrogen-bond donors (Lipinski definition) is 3. The molecule has 7 nitrogen and oxygen atoms in total. The third-order valence-corrected chi connectivity index (χ3v) is 5.35. The lowest BCUT2D eigenvalue weighted by molar-refractivity contribution is -0.130. The van der Waals surface area contributed by atoms with Crippen molar-refractivity contribution in [3.05, 3.63) is 101 Å². The average Bonchev–Trinajstić information content (AvgIpc) is 2.84. The Hall–Kier alpha value is -4.20. The second-order valence-corrected chi connectivity index (χ2v) is 8.13. The van der Waals surface area contributed by atoms with Gasteiger partial charge in [0.1, 0.15) is 30.3 Å². The Bertz CT molecular complexity index is 1150. The Morgan fingerprint density at radius 3 is 2.11 bits per heavy atom. The van der Waals surface area contributed by atoms with Crippen LogP contribution in [0.25, 0.3) is 0 Å². The van der Waals surface area contributed by atoms with E-state index >= 15 is 0 Å². The van der Waals surface area contributed by atoms with Crippen LogP contribution >= 0.6 is 0 Å². The van der Waals surface area contributed by atoms with Gasteiger partial charge in [0.05, 0.1) is 0 Å². The summed E-state index contributed by atoms with van der Waals surface area (Å²) in [6, 6.07) is 20.8. The fourth-order valence-corrected chi connectivity index (χ4v) is 3.53. The maximum absolute atomic E-state index is 14.1. The summed E-state index contributed by atoms with van der Waals surface area (Å²) >= 11 is 0. The molecule has 3 aromatic rings. The van der Waals surface area contributed by atoms with Crippen LogP contribution in [-0.2, 0) is 33.8 Å². The summed E-state index contributed by atoms with van der Waals surface area (Å²) in [6.45, 7) is 1.68. The molecular weight excluding hydrogens is 449 g/mol. The Kier molecular flexibility index (Phi) is 8.95. The number of ether oxygens (including phenoxy) is 1. The highest BCUT2D eigenvalue weighted by atomic mass is 19.1. The zero-order valence-corrected chi connectivity index (χ0v) is 19.4. The number of hydrogen-bond acceptors (Lipinski definition) is 4. The van der Waals surface area contributed by atoms with Crippen molar-refractivity contribution < 1.29 is 23.5 Å². The molecule has 8 heteroatoms. The molecule has 0 bridgehead atoms. The molecule has 0 fully saturated rings. The van der Waals surface area contributed by atoms with Crippen LogP contribution in [0.2, 0.25) is 0 Å². The molecule has 0 aromatic heterocycles. The number of carbonyl (C=O) groups is 3. The SMILES string of the molecule is CC(=O)N[C@H](Cc1ccccc1F)C(=O)N[C@@H](Cc1ccc(OCc2ccccc2)cc1)C(N)=O. The highest BCUT2D eigenvalue weighted by molar-refractivity contribution is 5.91. The Morgan fingerprint density at radius 1 is 0.829 bits per heavy atom. The molecule has 0 aliphatic rings. The fraction of sp³-hybridized carbons (Fsp3) is 0.222. The van der Waals surface area contributed by atoms with Crippen LogP contribution in [0, 0.1) is 5.82 Å². The number of rotatable bonds is 11. The van der Waals surface area contributed by atoms with Crippen molar-refractivity contribution >= 4 is 17.7 Å². The first-order valence-corrected chi connectivity index (χ1v) is 11.2. The zero-order chi connectivity index (χ0) is 25.2. The first-order valence-electron chi connectivity index (χ1n) is 11.2.